The summed E-state index contributed by atoms with van der Waals surface area (Å²) in [7, 11) is 0. The van der Waals surface area contributed by atoms with Gasteiger partial charge in [0.1, 0.15) is 6.10 Å². The molecular weight excluding hydrogens is 491 g/mol. The number of ether oxygens (including phenoxy) is 1. The molecule has 0 aliphatic carbocycles. The van der Waals surface area contributed by atoms with Crippen LogP contribution in [0, 0.1) is 0 Å². The molecule has 2 aromatic rings. The van der Waals surface area contributed by atoms with Crippen LogP contribution in [-0.4, -0.2) is 73.5 Å². The highest BCUT2D eigenvalue weighted by molar-refractivity contribution is 7.18. The van der Waals surface area contributed by atoms with E-state index >= 15 is 0 Å². The van der Waals surface area contributed by atoms with Crippen molar-refractivity contribution in [2.75, 3.05) is 49.1 Å². The fourth-order valence-electron chi connectivity index (χ4n) is 3.78. The highest BCUT2D eigenvalue weighted by Gasteiger charge is 2.34. The zero-order chi connectivity index (χ0) is 23.5. The number of aliphatic hydroxyl groups excluding tert-OH is 1. The number of halogens is 2. The Kier molecular flexibility index (Phi) is 7.28. The van der Waals surface area contributed by atoms with E-state index in [1.165, 1.54) is 16.2 Å². The Labute approximate surface area is 204 Å². The van der Waals surface area contributed by atoms with E-state index in [0.717, 1.165) is 6.42 Å². The van der Waals surface area contributed by atoms with Gasteiger partial charge in [0.05, 0.1) is 39.6 Å². The number of rotatable bonds is 7. The first-order valence-corrected chi connectivity index (χ1v) is 11.9. The van der Waals surface area contributed by atoms with Crippen molar-refractivity contribution >= 4 is 63.9 Å². The van der Waals surface area contributed by atoms with Gasteiger partial charge in [-0.1, -0.05) is 23.2 Å². The molecule has 12 heteroatoms. The first kappa shape index (κ1) is 23.6. The summed E-state index contributed by atoms with van der Waals surface area (Å²) in [6.07, 6.45) is -0.306. The zero-order valence-corrected chi connectivity index (χ0v) is 19.8. The normalized spacial score (nSPS) is 18.6. The monoisotopic (exact) mass is 512 g/mol. The zero-order valence-electron chi connectivity index (χ0n) is 17.5. The number of carbonyl (C=O) groups is 3. The van der Waals surface area contributed by atoms with E-state index in [9.17, 15) is 14.4 Å². The van der Waals surface area contributed by atoms with Crippen LogP contribution in [0.3, 0.4) is 0 Å². The number of carbonyl (C=O) groups excluding carboxylic acids is 3. The van der Waals surface area contributed by atoms with Gasteiger partial charge in [0.2, 0.25) is 0 Å². The lowest BCUT2D eigenvalue weighted by Gasteiger charge is -2.35. The molecule has 9 nitrogen and oxygen atoms in total. The number of aliphatic hydroxyl groups is 1. The molecule has 3 heterocycles. The van der Waals surface area contributed by atoms with Crippen molar-refractivity contribution in [1.29, 1.82) is 0 Å². The minimum absolute atomic E-state index is 0.105. The van der Waals surface area contributed by atoms with Crippen molar-refractivity contribution < 1.29 is 24.2 Å². The lowest BCUT2D eigenvalue weighted by atomic mass is 10.2. The molecule has 2 aliphatic heterocycles. The smallest absolute Gasteiger partial charge is 0.414 e. The van der Waals surface area contributed by atoms with Gasteiger partial charge in [0, 0.05) is 25.3 Å². The Morgan fingerprint density at radius 2 is 2.00 bits per heavy atom. The number of hydrogen-bond acceptors (Lipinski definition) is 6. The number of anilines is 2. The first-order valence-electron chi connectivity index (χ1n) is 10.4. The number of β-amino-alcohol motifs (C(OH)–C–C–N with tert-alkyl or cyclic N) is 1. The van der Waals surface area contributed by atoms with Crippen molar-refractivity contribution in [3.63, 3.8) is 0 Å². The molecule has 2 N–H and O–H groups in total. The molecule has 0 unspecified atom stereocenters. The standard InChI is InChI=1S/C21H22Cl2N4O5S/c22-15-10-13(2-3-16(15)26-7-1-6-25(8-9-28)20(26)30)27-12-14(32-21(27)31)11-24-19(29)17-4-5-18(23)33-17/h2-5,10,14,28H,1,6-9,11-12H2,(H,24,29)/t14-/m0/s1. The van der Waals surface area contributed by atoms with Gasteiger partial charge in [-0.15, -0.1) is 11.3 Å². The number of benzene rings is 1. The number of nitrogens with zero attached hydrogens (tertiary/aromatic N) is 3. The second-order valence-electron chi connectivity index (χ2n) is 7.56. The highest BCUT2D eigenvalue weighted by atomic mass is 35.5. The van der Waals surface area contributed by atoms with E-state index in [-0.39, 0.29) is 38.2 Å². The molecule has 0 saturated carbocycles. The molecule has 33 heavy (non-hydrogen) atoms. The fraction of sp³-hybridized carbons (Fsp3) is 0.381. The molecule has 4 amide bonds. The molecule has 2 aliphatic rings. The Balaban J connectivity index is 1.40. The van der Waals surface area contributed by atoms with Gasteiger partial charge in [0.15, 0.2) is 0 Å². The van der Waals surface area contributed by atoms with Gasteiger partial charge in [0.25, 0.3) is 5.91 Å². The summed E-state index contributed by atoms with van der Waals surface area (Å²) in [5, 5.41) is 12.2. The van der Waals surface area contributed by atoms with Crippen LogP contribution < -0.4 is 15.1 Å². The minimum Gasteiger partial charge on any atom is -0.442 e. The van der Waals surface area contributed by atoms with Crippen LogP contribution in [0.2, 0.25) is 9.36 Å². The van der Waals surface area contributed by atoms with Crippen molar-refractivity contribution in [2.24, 2.45) is 0 Å². The molecule has 0 radical (unpaired) electrons. The van der Waals surface area contributed by atoms with E-state index in [4.69, 9.17) is 33.0 Å². The predicted molar refractivity (Wildman–Crippen MR) is 127 cm³/mol. The second kappa shape index (κ2) is 10.2. The molecule has 1 atom stereocenters. The Morgan fingerprint density at radius 3 is 2.70 bits per heavy atom. The summed E-state index contributed by atoms with van der Waals surface area (Å²) in [6, 6.07) is 8.08. The molecule has 176 valence electrons. The van der Waals surface area contributed by atoms with Gasteiger partial charge in [-0.3, -0.25) is 14.6 Å². The van der Waals surface area contributed by atoms with Crippen LogP contribution in [0.4, 0.5) is 21.0 Å². The molecule has 0 bridgehead atoms. The maximum Gasteiger partial charge on any atom is 0.414 e. The molecule has 1 aromatic heterocycles. The summed E-state index contributed by atoms with van der Waals surface area (Å²) in [6.45, 7) is 1.66. The Bertz CT molecular complexity index is 1060. The quantitative estimate of drug-likeness (QED) is 0.591. The summed E-state index contributed by atoms with van der Waals surface area (Å²) in [4.78, 5) is 42.4. The molecule has 2 fully saturated rings. The number of nitrogens with one attached hydrogen (secondary N) is 1. The third-order valence-electron chi connectivity index (χ3n) is 5.38. The summed E-state index contributed by atoms with van der Waals surface area (Å²) in [5.41, 5.74) is 1.07. The van der Waals surface area contributed by atoms with E-state index in [1.807, 2.05) is 0 Å². The maximum absolute atomic E-state index is 12.7. The largest absolute Gasteiger partial charge is 0.442 e. The second-order valence-corrected chi connectivity index (χ2v) is 9.69. The average molecular weight is 513 g/mol. The summed E-state index contributed by atoms with van der Waals surface area (Å²) >= 11 is 13.5. The number of amides is 4. The molecule has 0 spiro atoms. The lowest BCUT2D eigenvalue weighted by molar-refractivity contribution is 0.0920. The number of urea groups is 1. The Hall–Kier alpha value is -2.53. The van der Waals surface area contributed by atoms with Crippen molar-refractivity contribution in [1.82, 2.24) is 10.2 Å². The predicted octanol–water partition coefficient (Wildman–Crippen LogP) is 3.43. The van der Waals surface area contributed by atoms with Crippen LogP contribution in [0.5, 0.6) is 0 Å². The average Bonchev–Trinajstić information content (AvgIpc) is 3.39. The topological polar surface area (TPSA) is 102 Å². The van der Waals surface area contributed by atoms with Gasteiger partial charge >= 0.3 is 12.1 Å². The van der Waals surface area contributed by atoms with Gasteiger partial charge < -0.3 is 20.1 Å². The molecular formula is C21H22Cl2N4O5S. The van der Waals surface area contributed by atoms with Gasteiger partial charge in [-0.05, 0) is 36.8 Å². The third kappa shape index (κ3) is 5.19. The van der Waals surface area contributed by atoms with Gasteiger partial charge in [-0.2, -0.15) is 0 Å². The number of hydrogen-bond donors (Lipinski definition) is 2. The SMILES string of the molecule is O=C(NC[C@H]1CN(c2ccc(N3CCCN(CCO)C3=O)c(Cl)c2)C(=O)O1)c1ccc(Cl)s1. The lowest BCUT2D eigenvalue weighted by Crippen LogP contribution is -2.50. The molecule has 1 aromatic carbocycles. The van der Waals surface area contributed by atoms with Crippen LogP contribution in [0.25, 0.3) is 0 Å². The Morgan fingerprint density at radius 1 is 1.18 bits per heavy atom. The molecule has 2 saturated heterocycles. The molecule has 4 rings (SSSR count). The summed E-state index contributed by atoms with van der Waals surface area (Å²) < 4.78 is 5.90. The highest BCUT2D eigenvalue weighted by Crippen LogP contribution is 2.33. The third-order valence-corrected chi connectivity index (χ3v) is 6.91. The van der Waals surface area contributed by atoms with Crippen LogP contribution in [0.15, 0.2) is 30.3 Å². The number of thiophene rings is 1. The van der Waals surface area contributed by atoms with E-state index in [0.29, 0.717) is 38.7 Å². The van der Waals surface area contributed by atoms with E-state index in [2.05, 4.69) is 5.32 Å². The fourth-order valence-corrected chi connectivity index (χ4v) is 5.02. The van der Waals surface area contributed by atoms with Crippen molar-refractivity contribution in [3.05, 3.63) is 44.6 Å². The van der Waals surface area contributed by atoms with Crippen LogP contribution in [0.1, 0.15) is 16.1 Å². The first-order chi connectivity index (χ1) is 15.9. The van der Waals surface area contributed by atoms with Crippen molar-refractivity contribution in [3.8, 4) is 0 Å². The van der Waals surface area contributed by atoms with Crippen molar-refractivity contribution in [2.45, 2.75) is 12.5 Å². The van der Waals surface area contributed by atoms with Gasteiger partial charge in [-0.25, -0.2) is 9.59 Å². The minimum atomic E-state index is -0.541. The number of cyclic esters (lactones) is 1. The van der Waals surface area contributed by atoms with E-state index in [1.54, 1.807) is 40.1 Å². The maximum atomic E-state index is 12.7. The van der Waals surface area contributed by atoms with Crippen LogP contribution >= 0.6 is 34.5 Å². The van der Waals surface area contributed by atoms with Crippen LogP contribution in [-0.2, 0) is 4.74 Å². The summed E-state index contributed by atoms with van der Waals surface area (Å²) in [5.74, 6) is -0.282. The van der Waals surface area contributed by atoms with E-state index < -0.39 is 12.2 Å².